The number of nitrogens with zero attached hydrogens (tertiary/aromatic N) is 1. The van der Waals surface area contributed by atoms with E-state index in [1.54, 1.807) is 37.0 Å². The third kappa shape index (κ3) is 5.51. The Morgan fingerprint density at radius 3 is 2.78 bits per heavy atom. The molecule has 0 aliphatic carbocycles. The van der Waals surface area contributed by atoms with Crippen LogP contribution in [0.4, 0.5) is 0 Å². The number of carbonyl (C=O) groups excluding carboxylic acids is 1. The van der Waals surface area contributed by atoms with E-state index in [0.29, 0.717) is 5.56 Å². The van der Waals surface area contributed by atoms with Crippen molar-refractivity contribution in [2.45, 2.75) is 43.6 Å². The van der Waals surface area contributed by atoms with Crippen LogP contribution in [0, 0.1) is 0 Å². The van der Waals surface area contributed by atoms with Gasteiger partial charge in [0.2, 0.25) is 0 Å². The molecule has 0 bridgehead atoms. The number of hydrogen-bond donors (Lipinski definition) is 2. The van der Waals surface area contributed by atoms with Crippen LogP contribution in [-0.2, 0) is 0 Å². The lowest BCUT2D eigenvalue weighted by Gasteiger charge is -2.17. The maximum absolute atomic E-state index is 11.8. The molecule has 1 amide bonds. The summed E-state index contributed by atoms with van der Waals surface area (Å²) in [7, 11) is 0. The zero-order valence-corrected chi connectivity index (χ0v) is 12.0. The molecule has 0 aliphatic rings. The number of nitrogens with one attached hydrogen (secondary N) is 1. The number of amides is 1. The highest BCUT2D eigenvalue weighted by Crippen LogP contribution is 2.30. The Morgan fingerprint density at radius 2 is 2.22 bits per heavy atom. The van der Waals surface area contributed by atoms with Crippen LogP contribution in [0.25, 0.3) is 0 Å². The summed E-state index contributed by atoms with van der Waals surface area (Å²) in [5.74, 6) is -0.186. The average molecular weight is 268 g/mol. The first-order valence-corrected chi connectivity index (χ1v) is 6.71. The van der Waals surface area contributed by atoms with Crippen LogP contribution in [-0.4, -0.2) is 33.4 Å². The first kappa shape index (κ1) is 15.0. The molecule has 1 rings (SSSR count). The fourth-order valence-corrected chi connectivity index (χ4v) is 2.19. The monoisotopic (exact) mass is 268 g/mol. The fraction of sp³-hybridized carbons (Fsp3) is 0.538. The van der Waals surface area contributed by atoms with E-state index in [0.717, 1.165) is 5.03 Å². The van der Waals surface area contributed by atoms with Crippen molar-refractivity contribution in [2.24, 2.45) is 0 Å². The smallest absolute Gasteiger partial charge is 0.251 e. The minimum Gasteiger partial charge on any atom is -0.392 e. The van der Waals surface area contributed by atoms with Gasteiger partial charge >= 0.3 is 0 Å². The zero-order valence-electron chi connectivity index (χ0n) is 11.2. The van der Waals surface area contributed by atoms with E-state index in [2.05, 4.69) is 31.1 Å². The van der Waals surface area contributed by atoms with Crippen molar-refractivity contribution in [3.8, 4) is 0 Å². The molecule has 1 aromatic heterocycles. The Kier molecular flexibility index (Phi) is 5.16. The molecule has 0 aliphatic heterocycles. The number of pyridine rings is 1. The van der Waals surface area contributed by atoms with Gasteiger partial charge in [-0.25, -0.2) is 4.98 Å². The van der Waals surface area contributed by atoms with E-state index in [-0.39, 0.29) is 17.2 Å². The molecule has 0 radical (unpaired) electrons. The Balaban J connectivity index is 2.72. The van der Waals surface area contributed by atoms with E-state index >= 15 is 0 Å². The topological polar surface area (TPSA) is 62.2 Å². The van der Waals surface area contributed by atoms with E-state index in [9.17, 15) is 4.79 Å². The predicted molar refractivity (Wildman–Crippen MR) is 73.9 cm³/mol. The van der Waals surface area contributed by atoms with Gasteiger partial charge in [0, 0.05) is 23.1 Å². The third-order valence-electron chi connectivity index (χ3n) is 1.97. The van der Waals surface area contributed by atoms with Crippen molar-refractivity contribution >= 4 is 17.7 Å². The van der Waals surface area contributed by atoms with Gasteiger partial charge in [-0.3, -0.25) is 4.79 Å². The number of hydrogen-bond acceptors (Lipinski definition) is 4. The minimum atomic E-state index is -0.542. The summed E-state index contributed by atoms with van der Waals surface area (Å²) < 4.78 is 0.0573. The molecule has 100 valence electrons. The van der Waals surface area contributed by atoms with Gasteiger partial charge in [0.05, 0.1) is 11.1 Å². The second-order valence-corrected chi connectivity index (χ2v) is 7.00. The first-order valence-electron chi connectivity index (χ1n) is 5.89. The minimum absolute atomic E-state index is 0.0573. The average Bonchev–Trinajstić information content (AvgIpc) is 2.23. The Bertz CT molecular complexity index is 414. The molecule has 2 N–H and O–H groups in total. The quantitative estimate of drug-likeness (QED) is 0.821. The molecule has 0 spiro atoms. The lowest BCUT2D eigenvalue weighted by Crippen LogP contribution is -2.30. The maximum Gasteiger partial charge on any atom is 0.251 e. The second kappa shape index (κ2) is 6.20. The molecular weight excluding hydrogens is 248 g/mol. The third-order valence-corrected chi connectivity index (χ3v) is 3.01. The molecule has 0 aromatic carbocycles. The molecule has 1 heterocycles. The Hall–Kier alpha value is -1.07. The fourth-order valence-electron chi connectivity index (χ4n) is 1.26. The van der Waals surface area contributed by atoms with Gasteiger partial charge in [-0.05, 0) is 19.1 Å². The van der Waals surface area contributed by atoms with Crippen molar-refractivity contribution in [1.82, 2.24) is 10.3 Å². The van der Waals surface area contributed by atoms with E-state index in [4.69, 9.17) is 5.11 Å². The first-order chi connectivity index (χ1) is 8.28. The molecule has 0 saturated carbocycles. The van der Waals surface area contributed by atoms with Crippen molar-refractivity contribution < 1.29 is 9.90 Å². The van der Waals surface area contributed by atoms with E-state index in [1.165, 1.54) is 0 Å². The standard InChI is InChI=1S/C13H20N2O2S/c1-9(16)8-15-12(17)10-5-6-14-11(7-10)18-13(2,3)4/h5-7,9,16H,8H2,1-4H3,(H,15,17). The van der Waals surface area contributed by atoms with Gasteiger partial charge in [0.25, 0.3) is 5.91 Å². The van der Waals surface area contributed by atoms with Crippen LogP contribution in [0.5, 0.6) is 0 Å². The van der Waals surface area contributed by atoms with Gasteiger partial charge in [-0.2, -0.15) is 0 Å². The van der Waals surface area contributed by atoms with Gasteiger partial charge in [0.15, 0.2) is 0 Å². The number of aliphatic hydroxyl groups excluding tert-OH is 1. The van der Waals surface area contributed by atoms with Crippen LogP contribution in [0.1, 0.15) is 38.1 Å². The molecule has 0 fully saturated rings. The SMILES string of the molecule is CC(O)CNC(=O)c1ccnc(SC(C)(C)C)c1. The highest BCUT2D eigenvalue weighted by Gasteiger charge is 2.14. The van der Waals surface area contributed by atoms with Crippen LogP contribution < -0.4 is 5.32 Å². The van der Waals surface area contributed by atoms with Crippen molar-refractivity contribution in [3.05, 3.63) is 23.9 Å². The molecule has 18 heavy (non-hydrogen) atoms. The summed E-state index contributed by atoms with van der Waals surface area (Å²) in [6.45, 7) is 8.18. The van der Waals surface area contributed by atoms with Crippen molar-refractivity contribution in [3.63, 3.8) is 0 Å². The summed E-state index contributed by atoms with van der Waals surface area (Å²) >= 11 is 1.62. The van der Waals surface area contributed by atoms with Gasteiger partial charge in [-0.15, -0.1) is 11.8 Å². The van der Waals surface area contributed by atoms with Crippen LogP contribution in [0.2, 0.25) is 0 Å². The van der Waals surface area contributed by atoms with Gasteiger partial charge in [-0.1, -0.05) is 20.8 Å². The number of aromatic nitrogens is 1. The summed E-state index contributed by atoms with van der Waals surface area (Å²) in [5, 5.41) is 12.6. The summed E-state index contributed by atoms with van der Waals surface area (Å²) in [6.07, 6.45) is 1.09. The molecule has 5 heteroatoms. The highest BCUT2D eigenvalue weighted by molar-refractivity contribution is 8.00. The van der Waals surface area contributed by atoms with E-state index in [1.807, 2.05) is 0 Å². The zero-order chi connectivity index (χ0) is 13.8. The van der Waals surface area contributed by atoms with Gasteiger partial charge in [0.1, 0.15) is 0 Å². The van der Waals surface area contributed by atoms with Crippen LogP contribution in [0.3, 0.4) is 0 Å². The maximum atomic E-state index is 11.8. The molecule has 1 unspecified atom stereocenters. The van der Waals surface area contributed by atoms with Crippen LogP contribution >= 0.6 is 11.8 Å². The molecule has 4 nitrogen and oxygen atoms in total. The number of carbonyl (C=O) groups is 1. The highest BCUT2D eigenvalue weighted by atomic mass is 32.2. The normalized spacial score (nSPS) is 13.2. The molecular formula is C13H20N2O2S. The lowest BCUT2D eigenvalue weighted by molar-refractivity contribution is 0.0923. The summed E-state index contributed by atoms with van der Waals surface area (Å²) in [5.41, 5.74) is 0.567. The summed E-state index contributed by atoms with van der Waals surface area (Å²) in [4.78, 5) is 16.0. The Labute approximate surface area is 112 Å². The Morgan fingerprint density at radius 1 is 1.56 bits per heavy atom. The number of rotatable bonds is 4. The van der Waals surface area contributed by atoms with Crippen molar-refractivity contribution in [2.75, 3.05) is 6.54 Å². The predicted octanol–water partition coefficient (Wildman–Crippen LogP) is 2.08. The largest absolute Gasteiger partial charge is 0.392 e. The lowest BCUT2D eigenvalue weighted by atomic mass is 10.2. The van der Waals surface area contributed by atoms with Crippen molar-refractivity contribution in [1.29, 1.82) is 0 Å². The molecule has 0 saturated heterocycles. The van der Waals surface area contributed by atoms with E-state index < -0.39 is 6.10 Å². The molecule has 1 atom stereocenters. The summed E-state index contributed by atoms with van der Waals surface area (Å²) in [6, 6.07) is 3.44. The number of thioether (sulfide) groups is 1. The van der Waals surface area contributed by atoms with Gasteiger partial charge < -0.3 is 10.4 Å². The molecule has 1 aromatic rings. The van der Waals surface area contributed by atoms with Crippen LogP contribution in [0.15, 0.2) is 23.4 Å². The number of aliphatic hydroxyl groups is 1. The second-order valence-electron chi connectivity index (χ2n) is 5.16.